The number of carboxylic acids is 2. The Hall–Kier alpha value is -5.45. The summed E-state index contributed by atoms with van der Waals surface area (Å²) >= 11 is 0. The number of piperidine rings is 1. The van der Waals surface area contributed by atoms with E-state index in [1.807, 2.05) is 6.92 Å². The first-order valence-electron chi connectivity index (χ1n) is 17.8. The molecule has 3 unspecified atom stereocenters. The highest BCUT2D eigenvalue weighted by Gasteiger charge is 2.35. The van der Waals surface area contributed by atoms with Gasteiger partial charge in [-0.2, -0.15) is 5.06 Å². The number of carbonyl (C=O) groups excluding carboxylic acids is 5. The lowest BCUT2D eigenvalue weighted by Crippen LogP contribution is -2.49. The number of ether oxygens (including phenoxy) is 1. The van der Waals surface area contributed by atoms with Crippen LogP contribution in [0.25, 0.3) is 11.3 Å². The number of nitrogens with zero attached hydrogens (tertiary/aromatic N) is 1. The van der Waals surface area contributed by atoms with E-state index < -0.39 is 60.1 Å². The summed E-state index contributed by atoms with van der Waals surface area (Å²) in [6.07, 6.45) is 4.02. The van der Waals surface area contributed by atoms with Gasteiger partial charge in [0.25, 0.3) is 11.8 Å². The summed E-state index contributed by atoms with van der Waals surface area (Å²) in [7, 11) is 0. The number of rotatable bonds is 22. The molecule has 53 heavy (non-hydrogen) atoms. The third-order valence-electron chi connectivity index (χ3n) is 8.77. The molecule has 1 aliphatic heterocycles. The van der Waals surface area contributed by atoms with Crippen molar-refractivity contribution in [1.29, 1.82) is 0 Å². The van der Waals surface area contributed by atoms with Crippen LogP contribution in [-0.4, -0.2) is 95.8 Å². The smallest absolute Gasteiger partial charge is 0.335 e. The minimum absolute atomic E-state index is 0.0398. The second-order valence-corrected chi connectivity index (χ2v) is 12.5. The molecule has 6 N–H and O–H groups in total. The SMILES string of the molecule is CCCCCC(C(=O)NCNC(=O)c1ccc(-c2ccc(C(=O)NC(CC(=O)O)C(=O)O)c(OCC)c2)o1)C(CC)N(C=O)OC(=O)C1CCNCC1. The molecule has 0 saturated carbocycles. The molecule has 2 heterocycles. The number of benzene rings is 1. The highest BCUT2D eigenvalue weighted by atomic mass is 16.7. The highest BCUT2D eigenvalue weighted by Crippen LogP contribution is 2.29. The van der Waals surface area contributed by atoms with Crippen molar-refractivity contribution in [3.05, 3.63) is 41.7 Å². The Morgan fingerprint density at radius 2 is 1.74 bits per heavy atom. The summed E-state index contributed by atoms with van der Waals surface area (Å²) in [5, 5.41) is 29.9. The van der Waals surface area contributed by atoms with Crippen LogP contribution in [0, 0.1) is 11.8 Å². The number of unbranched alkanes of at least 4 members (excludes halogenated alkanes) is 2. The van der Waals surface area contributed by atoms with Gasteiger partial charge in [-0.3, -0.25) is 24.0 Å². The minimum Gasteiger partial charge on any atom is -0.493 e. The van der Waals surface area contributed by atoms with Crippen molar-refractivity contribution < 1.29 is 57.8 Å². The molecular formula is C36H49N5O12. The summed E-state index contributed by atoms with van der Waals surface area (Å²) in [4.78, 5) is 92.2. The van der Waals surface area contributed by atoms with Crippen LogP contribution in [-0.2, 0) is 28.8 Å². The highest BCUT2D eigenvalue weighted by molar-refractivity contribution is 6.00. The topological polar surface area (TPSA) is 243 Å². The van der Waals surface area contributed by atoms with Gasteiger partial charge >= 0.3 is 17.9 Å². The van der Waals surface area contributed by atoms with Crippen molar-refractivity contribution in [3.63, 3.8) is 0 Å². The van der Waals surface area contributed by atoms with Crippen molar-refractivity contribution in [3.8, 4) is 17.1 Å². The van der Waals surface area contributed by atoms with Gasteiger partial charge in [0.2, 0.25) is 12.3 Å². The molecule has 1 fully saturated rings. The van der Waals surface area contributed by atoms with Crippen LogP contribution in [0.1, 0.15) is 93.1 Å². The monoisotopic (exact) mass is 743 g/mol. The van der Waals surface area contributed by atoms with Gasteiger partial charge in [-0.15, -0.1) is 0 Å². The van der Waals surface area contributed by atoms with Crippen LogP contribution in [0.4, 0.5) is 0 Å². The third-order valence-corrected chi connectivity index (χ3v) is 8.77. The zero-order valence-corrected chi connectivity index (χ0v) is 30.2. The van der Waals surface area contributed by atoms with Gasteiger partial charge in [0.15, 0.2) is 5.76 Å². The molecule has 3 atom stereocenters. The van der Waals surface area contributed by atoms with Gasteiger partial charge in [0.1, 0.15) is 17.6 Å². The van der Waals surface area contributed by atoms with E-state index >= 15 is 0 Å². The largest absolute Gasteiger partial charge is 0.493 e. The van der Waals surface area contributed by atoms with Gasteiger partial charge in [-0.25, -0.2) is 9.59 Å². The molecule has 2 aromatic rings. The summed E-state index contributed by atoms with van der Waals surface area (Å²) < 4.78 is 11.3. The Balaban J connectivity index is 1.67. The van der Waals surface area contributed by atoms with E-state index in [0.717, 1.165) is 17.9 Å². The van der Waals surface area contributed by atoms with E-state index in [1.165, 1.54) is 30.3 Å². The molecule has 1 aromatic carbocycles. The predicted molar refractivity (Wildman–Crippen MR) is 188 cm³/mol. The van der Waals surface area contributed by atoms with Crippen molar-refractivity contribution >= 4 is 42.0 Å². The number of hydrogen-bond acceptors (Lipinski definition) is 11. The number of aliphatic carboxylic acids is 2. The normalized spacial score (nSPS) is 14.5. The predicted octanol–water partition coefficient (Wildman–Crippen LogP) is 2.70. The van der Waals surface area contributed by atoms with Crippen LogP contribution < -0.4 is 26.0 Å². The quantitative estimate of drug-likeness (QED) is 0.0440. The van der Waals surface area contributed by atoms with Gasteiger partial charge in [0.05, 0.1) is 43.1 Å². The molecule has 4 amide bonds. The van der Waals surface area contributed by atoms with E-state index in [1.54, 1.807) is 13.8 Å². The van der Waals surface area contributed by atoms with E-state index in [4.69, 9.17) is 19.1 Å². The van der Waals surface area contributed by atoms with Crippen molar-refractivity contribution in [2.75, 3.05) is 26.4 Å². The van der Waals surface area contributed by atoms with Crippen LogP contribution in [0.5, 0.6) is 5.75 Å². The lowest BCUT2D eigenvalue weighted by atomic mass is 9.90. The fourth-order valence-electron chi connectivity index (χ4n) is 5.95. The zero-order valence-electron chi connectivity index (χ0n) is 30.2. The minimum atomic E-state index is -1.66. The Kier molecular flexibility index (Phi) is 16.8. The molecular weight excluding hydrogens is 694 g/mol. The first-order valence-corrected chi connectivity index (χ1v) is 17.8. The lowest BCUT2D eigenvalue weighted by molar-refractivity contribution is -0.208. The molecule has 0 radical (unpaired) electrons. The molecule has 1 saturated heterocycles. The average Bonchev–Trinajstić information content (AvgIpc) is 3.64. The number of hydrogen-bond donors (Lipinski definition) is 6. The van der Waals surface area contributed by atoms with Crippen LogP contribution in [0.3, 0.4) is 0 Å². The number of carboxylic acid groups (broad SMARTS) is 2. The second kappa shape index (κ2) is 21.2. The van der Waals surface area contributed by atoms with Crippen LogP contribution >= 0.6 is 0 Å². The van der Waals surface area contributed by atoms with Gasteiger partial charge in [0, 0.05) is 5.56 Å². The van der Waals surface area contributed by atoms with Gasteiger partial charge < -0.3 is 45.5 Å². The molecule has 0 aliphatic carbocycles. The lowest BCUT2D eigenvalue weighted by Gasteiger charge is -2.33. The van der Waals surface area contributed by atoms with E-state index in [-0.39, 0.29) is 42.0 Å². The van der Waals surface area contributed by atoms with Gasteiger partial charge in [-0.05, 0) is 70.0 Å². The molecule has 17 heteroatoms. The van der Waals surface area contributed by atoms with Crippen molar-refractivity contribution in [1.82, 2.24) is 26.3 Å². The number of amides is 4. The summed E-state index contributed by atoms with van der Waals surface area (Å²) in [6, 6.07) is 4.84. The number of nitrogens with one attached hydrogen (secondary N) is 4. The molecule has 1 aromatic heterocycles. The summed E-state index contributed by atoms with van der Waals surface area (Å²) in [5.41, 5.74) is 0.376. The molecule has 1 aliphatic rings. The second-order valence-electron chi connectivity index (χ2n) is 12.5. The Bertz CT molecular complexity index is 1590. The third kappa shape index (κ3) is 12.3. The standard InChI is InChI=1S/C36H49N5O12/c1-4-7-8-9-24(27(5-2)41(21-42)53-36(50)22-14-16-37-17-15-22)32(45)38-20-39-34(47)29-13-12-28(52-29)23-10-11-25(30(18-23)51-6-3)33(46)40-26(35(48)49)19-31(43)44/h10-13,18,21-22,24,26-27,37H,4-9,14-17,19-20H2,1-3H3,(H,38,45)(H,39,47)(H,40,46)(H,43,44)(H,48,49). The van der Waals surface area contributed by atoms with Crippen LogP contribution in [0.15, 0.2) is 34.7 Å². The summed E-state index contributed by atoms with van der Waals surface area (Å²) in [5.74, 6) is -6.19. The van der Waals surface area contributed by atoms with E-state index in [2.05, 4.69) is 21.3 Å². The van der Waals surface area contributed by atoms with Gasteiger partial charge in [-0.1, -0.05) is 39.2 Å². The molecule has 3 rings (SSSR count). The maximum absolute atomic E-state index is 13.5. The molecule has 290 valence electrons. The van der Waals surface area contributed by atoms with Crippen molar-refractivity contribution in [2.45, 2.75) is 84.2 Å². The Morgan fingerprint density at radius 1 is 1.00 bits per heavy atom. The zero-order chi connectivity index (χ0) is 38.9. The molecule has 0 bridgehead atoms. The first-order chi connectivity index (χ1) is 25.4. The molecule has 0 spiro atoms. The maximum Gasteiger partial charge on any atom is 0.335 e. The Labute approximate surface area is 307 Å². The maximum atomic E-state index is 13.5. The fourth-order valence-corrected chi connectivity index (χ4v) is 5.95. The number of furan rings is 1. The number of carbonyl (C=O) groups is 7. The fraction of sp³-hybridized carbons (Fsp3) is 0.528. The first kappa shape index (κ1) is 42.0. The van der Waals surface area contributed by atoms with E-state index in [9.17, 15) is 38.7 Å². The average molecular weight is 744 g/mol. The number of hydroxylamine groups is 2. The molecule has 17 nitrogen and oxygen atoms in total. The van der Waals surface area contributed by atoms with E-state index in [0.29, 0.717) is 57.2 Å². The van der Waals surface area contributed by atoms with Crippen molar-refractivity contribution in [2.24, 2.45) is 11.8 Å². The Morgan fingerprint density at radius 3 is 2.36 bits per heavy atom. The van der Waals surface area contributed by atoms with Crippen LogP contribution in [0.2, 0.25) is 0 Å². The summed E-state index contributed by atoms with van der Waals surface area (Å²) in [6.45, 7) is 6.72.